The first kappa shape index (κ1) is 27.5. The molecule has 0 saturated carbocycles. The van der Waals surface area contributed by atoms with Crippen molar-refractivity contribution >= 4 is 30.3 Å². The summed E-state index contributed by atoms with van der Waals surface area (Å²) in [5.74, 6) is -2.23. The van der Waals surface area contributed by atoms with Gasteiger partial charge >= 0.3 is 11.9 Å². The van der Waals surface area contributed by atoms with E-state index in [2.05, 4.69) is 0 Å². The van der Waals surface area contributed by atoms with Crippen molar-refractivity contribution in [2.75, 3.05) is 27.7 Å². The number of aliphatic carboxylic acids is 2. The molecule has 0 aromatic carbocycles. The fraction of sp³-hybridized carbons (Fsp3) is 0.800. The van der Waals surface area contributed by atoms with Crippen LogP contribution in [-0.2, 0) is 19.1 Å². The predicted molar refractivity (Wildman–Crippen MR) is 90.4 cm³/mol. The van der Waals surface area contributed by atoms with Gasteiger partial charge < -0.3 is 30.0 Å². The van der Waals surface area contributed by atoms with Gasteiger partial charge in [0.1, 0.15) is 12.6 Å². The zero-order valence-electron chi connectivity index (χ0n) is 15.3. The number of carbonyl (C=O) groups excluding carboxylic acids is 2. The van der Waals surface area contributed by atoms with Crippen LogP contribution >= 0.6 is 12.4 Å². The number of carboxylic acid groups (broad SMARTS) is 2. The predicted octanol–water partition coefficient (Wildman–Crippen LogP) is -0.369. The van der Waals surface area contributed by atoms with Crippen LogP contribution in [0.5, 0.6) is 0 Å². The molecule has 0 rings (SSSR count). The quantitative estimate of drug-likeness (QED) is 0.440. The molecule has 0 unspecified atom stereocenters. The lowest BCUT2D eigenvalue weighted by atomic mass is 10.1. The van der Waals surface area contributed by atoms with Gasteiger partial charge in [0.05, 0.1) is 21.1 Å². The van der Waals surface area contributed by atoms with Crippen molar-refractivity contribution in [3.63, 3.8) is 0 Å². The smallest absolute Gasteiger partial charge is 0.320 e. The van der Waals surface area contributed by atoms with Gasteiger partial charge in [0, 0.05) is 19.3 Å². The number of halogens is 1. The molecule has 8 nitrogen and oxygen atoms in total. The Labute approximate surface area is 150 Å². The highest BCUT2D eigenvalue weighted by Gasteiger charge is 2.20. The second-order valence-electron chi connectivity index (χ2n) is 6.85. The molecule has 0 bridgehead atoms. The molecule has 0 aliphatic carbocycles. The Morgan fingerprint density at radius 3 is 1.88 bits per heavy atom. The van der Waals surface area contributed by atoms with Gasteiger partial charge in [-0.1, -0.05) is 13.8 Å². The van der Waals surface area contributed by atoms with Crippen molar-refractivity contribution in [3.8, 4) is 0 Å². The summed E-state index contributed by atoms with van der Waals surface area (Å²) in [4.78, 5) is 31.2. The Bertz CT molecular complexity index is 380. The summed E-state index contributed by atoms with van der Waals surface area (Å²) in [5, 5.41) is 18.7. The molecule has 0 fully saturated rings. The van der Waals surface area contributed by atoms with Crippen LogP contribution in [0.15, 0.2) is 0 Å². The third kappa shape index (κ3) is 20.6. The number of carboxylic acids is 2. The molecule has 0 spiro atoms. The van der Waals surface area contributed by atoms with E-state index in [9.17, 15) is 19.5 Å². The molecule has 144 valence electrons. The minimum Gasteiger partial charge on any atom is -0.550 e. The highest BCUT2D eigenvalue weighted by Crippen LogP contribution is 2.04. The summed E-state index contributed by atoms with van der Waals surface area (Å²) in [5.41, 5.74) is 5.22. The van der Waals surface area contributed by atoms with E-state index in [1.54, 1.807) is 0 Å². The van der Waals surface area contributed by atoms with Gasteiger partial charge in [-0.2, -0.15) is 0 Å². The zero-order chi connectivity index (χ0) is 18.8. The Morgan fingerprint density at radius 2 is 1.67 bits per heavy atom. The van der Waals surface area contributed by atoms with Gasteiger partial charge in [0.15, 0.2) is 6.10 Å². The molecule has 3 N–H and O–H groups in total. The first-order valence-electron chi connectivity index (χ1n) is 7.40. The summed E-state index contributed by atoms with van der Waals surface area (Å²) < 4.78 is 5.39. The van der Waals surface area contributed by atoms with Gasteiger partial charge in [-0.25, -0.2) is 0 Å². The average molecular weight is 371 g/mol. The molecule has 0 saturated heterocycles. The first-order chi connectivity index (χ1) is 10.2. The standard InChI is InChI=1S/C9H17NO4.C6H13NO2.ClH/c1-7(11)14-8(5-9(12)13)6-10(2,3)4;1-4(2)3-5(7)6(8)9;/h8H,5-6H2,1-4H3;4-5H,3,7H2,1-2H3,(H,8,9);1H/t8-;5-;/m10./s1. The van der Waals surface area contributed by atoms with Crippen molar-refractivity contribution < 1.29 is 33.8 Å². The van der Waals surface area contributed by atoms with Crippen LogP contribution in [0.25, 0.3) is 0 Å². The normalized spacial score (nSPS) is 13.0. The summed E-state index contributed by atoms with van der Waals surface area (Å²) in [6.07, 6.45) is -0.317. The van der Waals surface area contributed by atoms with Crippen molar-refractivity contribution in [2.24, 2.45) is 11.7 Å². The van der Waals surface area contributed by atoms with Crippen LogP contribution in [-0.4, -0.2) is 67.3 Å². The number of hydrogen-bond donors (Lipinski definition) is 2. The molecule has 0 amide bonds. The van der Waals surface area contributed by atoms with E-state index in [4.69, 9.17) is 15.6 Å². The van der Waals surface area contributed by atoms with Crippen LogP contribution in [0.1, 0.15) is 33.6 Å². The van der Waals surface area contributed by atoms with Crippen molar-refractivity contribution in [2.45, 2.75) is 45.8 Å². The van der Waals surface area contributed by atoms with Gasteiger partial charge in [0.25, 0.3) is 0 Å². The molecule has 9 heteroatoms. The third-order valence-corrected chi connectivity index (χ3v) is 2.52. The van der Waals surface area contributed by atoms with Crippen LogP contribution in [0.3, 0.4) is 0 Å². The molecule has 0 radical (unpaired) electrons. The summed E-state index contributed by atoms with van der Waals surface area (Å²) in [6, 6.07) is -0.690. The van der Waals surface area contributed by atoms with Crippen molar-refractivity contribution in [1.82, 2.24) is 0 Å². The van der Waals surface area contributed by atoms with E-state index in [1.165, 1.54) is 6.92 Å². The van der Waals surface area contributed by atoms with E-state index < -0.39 is 30.1 Å². The third-order valence-electron chi connectivity index (χ3n) is 2.52. The average Bonchev–Trinajstić information content (AvgIpc) is 2.23. The summed E-state index contributed by atoms with van der Waals surface area (Å²) >= 11 is 0. The second kappa shape index (κ2) is 13.0. The number of quaternary nitrogens is 1. The SMILES string of the molecule is CC(=O)O[C@H](CC(=O)[O-])C[N+](C)(C)C.CC(C)C[C@H](N)C(=O)O.Cl. The van der Waals surface area contributed by atoms with E-state index in [0.29, 0.717) is 23.4 Å². The molecule has 0 heterocycles. The number of ether oxygens (including phenoxy) is 1. The maximum absolute atomic E-state index is 10.7. The molecular weight excluding hydrogens is 340 g/mol. The van der Waals surface area contributed by atoms with Gasteiger partial charge in [-0.3, -0.25) is 9.59 Å². The maximum Gasteiger partial charge on any atom is 0.320 e. The summed E-state index contributed by atoms with van der Waals surface area (Å²) in [6.45, 7) is 5.61. The first-order valence-corrected chi connectivity index (χ1v) is 7.40. The lowest BCUT2D eigenvalue weighted by molar-refractivity contribution is -0.873. The Balaban J connectivity index is -0.000000385. The van der Waals surface area contributed by atoms with E-state index in [-0.39, 0.29) is 18.8 Å². The lowest BCUT2D eigenvalue weighted by Crippen LogP contribution is -2.45. The molecule has 2 atom stereocenters. The largest absolute Gasteiger partial charge is 0.550 e. The summed E-state index contributed by atoms with van der Waals surface area (Å²) in [7, 11) is 5.68. The number of hydrogen-bond acceptors (Lipinski definition) is 6. The Hall–Kier alpha value is -1.38. The molecule has 0 aliphatic rings. The van der Waals surface area contributed by atoms with Crippen LogP contribution in [0.2, 0.25) is 0 Å². The van der Waals surface area contributed by atoms with Crippen molar-refractivity contribution in [1.29, 1.82) is 0 Å². The molecule has 0 aromatic rings. The molecular formula is C15H31ClN2O6. The van der Waals surface area contributed by atoms with Gasteiger partial charge in [0.2, 0.25) is 0 Å². The molecule has 0 aliphatic heterocycles. The highest BCUT2D eigenvalue weighted by molar-refractivity contribution is 5.85. The Kier molecular flexibility index (Phi) is 14.8. The minimum absolute atomic E-state index is 0. The van der Waals surface area contributed by atoms with Gasteiger partial charge in [-0.15, -0.1) is 12.4 Å². The van der Waals surface area contributed by atoms with Crippen LogP contribution in [0.4, 0.5) is 0 Å². The number of rotatable bonds is 8. The fourth-order valence-electron chi connectivity index (χ4n) is 1.78. The number of likely N-dealkylation sites (N-methyl/N-ethyl adjacent to an activating group) is 1. The van der Waals surface area contributed by atoms with Gasteiger partial charge in [-0.05, 0) is 12.3 Å². The fourth-order valence-corrected chi connectivity index (χ4v) is 1.78. The lowest BCUT2D eigenvalue weighted by Gasteiger charge is -2.28. The minimum atomic E-state index is -1.20. The molecule has 24 heavy (non-hydrogen) atoms. The number of esters is 1. The molecule has 0 aromatic heterocycles. The number of carbonyl (C=O) groups is 3. The van der Waals surface area contributed by atoms with E-state index in [0.717, 1.165) is 0 Å². The second-order valence-corrected chi connectivity index (χ2v) is 6.85. The monoisotopic (exact) mass is 370 g/mol. The number of nitrogens with two attached hydrogens (primary N) is 1. The zero-order valence-corrected chi connectivity index (χ0v) is 16.1. The maximum atomic E-state index is 10.7. The van der Waals surface area contributed by atoms with E-state index in [1.807, 2.05) is 35.0 Å². The van der Waals surface area contributed by atoms with Crippen LogP contribution in [0, 0.1) is 5.92 Å². The van der Waals surface area contributed by atoms with Crippen molar-refractivity contribution in [3.05, 3.63) is 0 Å². The van der Waals surface area contributed by atoms with Crippen LogP contribution < -0.4 is 10.8 Å². The van der Waals surface area contributed by atoms with E-state index >= 15 is 0 Å². The topological polar surface area (TPSA) is 130 Å². The highest BCUT2D eigenvalue weighted by atomic mass is 35.5. The Morgan fingerprint density at radius 1 is 1.21 bits per heavy atom. The number of nitrogens with zero attached hydrogens (tertiary/aromatic N) is 1.